The van der Waals surface area contributed by atoms with Gasteiger partial charge in [0.1, 0.15) is 5.69 Å². The van der Waals surface area contributed by atoms with E-state index in [1.165, 1.54) is 18.0 Å². The number of rotatable bonds is 6. The standard InChI is InChI=1S/C23H26N6O/c1-17-3-2-4-20(11-17)22-26-13-19(14-27-22)16-29-9-5-18(6-10-29)12-28-23(30)21-15-24-7-8-25-21/h2-4,7-8,11,13-15,18H,5-6,9-10,12,16H2,1H3,(H,28,30). The van der Waals surface area contributed by atoms with Gasteiger partial charge >= 0.3 is 0 Å². The average Bonchev–Trinajstić information content (AvgIpc) is 2.79. The van der Waals surface area contributed by atoms with Gasteiger partial charge in [-0.25, -0.2) is 15.0 Å². The molecule has 7 heteroatoms. The van der Waals surface area contributed by atoms with Crippen LogP contribution in [0.3, 0.4) is 0 Å². The number of aromatic nitrogens is 4. The first-order valence-electron chi connectivity index (χ1n) is 10.3. The van der Waals surface area contributed by atoms with Crippen LogP contribution in [0.15, 0.2) is 55.2 Å². The fourth-order valence-corrected chi connectivity index (χ4v) is 3.72. The van der Waals surface area contributed by atoms with Crippen LogP contribution in [0.5, 0.6) is 0 Å². The first-order valence-corrected chi connectivity index (χ1v) is 10.3. The summed E-state index contributed by atoms with van der Waals surface area (Å²) >= 11 is 0. The number of carbonyl (C=O) groups excluding carboxylic acids is 1. The number of nitrogens with one attached hydrogen (secondary N) is 1. The predicted octanol–water partition coefficient (Wildman–Crippen LogP) is 2.88. The molecule has 1 aromatic carbocycles. The van der Waals surface area contributed by atoms with Gasteiger partial charge in [0.2, 0.25) is 0 Å². The van der Waals surface area contributed by atoms with Gasteiger partial charge in [-0.15, -0.1) is 0 Å². The maximum Gasteiger partial charge on any atom is 0.271 e. The summed E-state index contributed by atoms with van der Waals surface area (Å²) in [5.41, 5.74) is 3.74. The highest BCUT2D eigenvalue weighted by atomic mass is 16.1. The van der Waals surface area contributed by atoms with E-state index in [0.29, 0.717) is 18.2 Å². The second kappa shape index (κ2) is 9.54. The minimum Gasteiger partial charge on any atom is -0.350 e. The summed E-state index contributed by atoms with van der Waals surface area (Å²) in [5.74, 6) is 1.10. The van der Waals surface area contributed by atoms with E-state index in [9.17, 15) is 4.79 Å². The van der Waals surface area contributed by atoms with Crippen LogP contribution in [-0.4, -0.2) is 50.4 Å². The van der Waals surface area contributed by atoms with E-state index < -0.39 is 0 Å². The normalized spacial score (nSPS) is 15.1. The molecule has 0 atom stereocenters. The molecule has 7 nitrogen and oxygen atoms in total. The molecule has 1 aliphatic rings. The fraction of sp³-hybridized carbons (Fsp3) is 0.348. The topological polar surface area (TPSA) is 83.9 Å². The van der Waals surface area contributed by atoms with E-state index in [1.54, 1.807) is 6.20 Å². The fourth-order valence-electron chi connectivity index (χ4n) is 3.72. The molecule has 30 heavy (non-hydrogen) atoms. The summed E-state index contributed by atoms with van der Waals surface area (Å²) in [5, 5.41) is 2.98. The molecule has 0 spiro atoms. The average molecular weight is 403 g/mol. The Morgan fingerprint density at radius 3 is 2.60 bits per heavy atom. The van der Waals surface area contributed by atoms with Crippen molar-refractivity contribution in [2.45, 2.75) is 26.3 Å². The Hall–Kier alpha value is -3.19. The molecular formula is C23H26N6O. The third-order valence-corrected chi connectivity index (χ3v) is 5.44. The largest absolute Gasteiger partial charge is 0.350 e. The molecule has 0 saturated carbocycles. The lowest BCUT2D eigenvalue weighted by Crippen LogP contribution is -2.38. The Balaban J connectivity index is 1.23. The maximum atomic E-state index is 12.1. The Kier molecular flexibility index (Phi) is 6.39. The van der Waals surface area contributed by atoms with Gasteiger partial charge in [-0.2, -0.15) is 0 Å². The second-order valence-corrected chi connectivity index (χ2v) is 7.80. The Labute approximate surface area is 176 Å². The molecule has 0 aliphatic carbocycles. The maximum absolute atomic E-state index is 12.1. The number of piperidine rings is 1. The number of hydrogen-bond acceptors (Lipinski definition) is 6. The van der Waals surface area contributed by atoms with Crippen molar-refractivity contribution < 1.29 is 4.79 Å². The second-order valence-electron chi connectivity index (χ2n) is 7.80. The van der Waals surface area contributed by atoms with E-state index in [4.69, 9.17) is 0 Å². The minimum atomic E-state index is -0.156. The van der Waals surface area contributed by atoms with Crippen molar-refractivity contribution in [3.63, 3.8) is 0 Å². The zero-order valence-electron chi connectivity index (χ0n) is 17.2. The Morgan fingerprint density at radius 1 is 1.10 bits per heavy atom. The number of nitrogens with zero attached hydrogens (tertiary/aromatic N) is 5. The van der Waals surface area contributed by atoms with Crippen molar-refractivity contribution in [2.24, 2.45) is 5.92 Å². The summed E-state index contributed by atoms with van der Waals surface area (Å²) < 4.78 is 0. The minimum absolute atomic E-state index is 0.156. The van der Waals surface area contributed by atoms with E-state index in [-0.39, 0.29) is 5.91 Å². The number of hydrogen-bond donors (Lipinski definition) is 1. The van der Waals surface area contributed by atoms with Crippen molar-refractivity contribution in [1.29, 1.82) is 0 Å². The lowest BCUT2D eigenvalue weighted by atomic mass is 9.96. The monoisotopic (exact) mass is 402 g/mol. The van der Waals surface area contributed by atoms with Crippen LogP contribution in [0.2, 0.25) is 0 Å². The molecular weight excluding hydrogens is 376 g/mol. The quantitative estimate of drug-likeness (QED) is 0.683. The Morgan fingerprint density at radius 2 is 1.90 bits per heavy atom. The summed E-state index contributed by atoms with van der Waals surface area (Å²) in [6.45, 7) is 5.61. The highest BCUT2D eigenvalue weighted by Crippen LogP contribution is 2.19. The molecule has 1 aliphatic heterocycles. The predicted molar refractivity (Wildman–Crippen MR) is 115 cm³/mol. The highest BCUT2D eigenvalue weighted by molar-refractivity contribution is 5.91. The molecule has 3 heterocycles. The zero-order valence-corrected chi connectivity index (χ0v) is 17.2. The van der Waals surface area contributed by atoms with Crippen LogP contribution in [0.25, 0.3) is 11.4 Å². The number of aryl methyl sites for hydroxylation is 1. The first kappa shape index (κ1) is 20.1. The van der Waals surface area contributed by atoms with Gasteiger partial charge in [0.15, 0.2) is 5.82 Å². The molecule has 0 radical (unpaired) electrons. The van der Waals surface area contributed by atoms with E-state index in [2.05, 4.69) is 49.2 Å². The van der Waals surface area contributed by atoms with Gasteiger partial charge in [-0.3, -0.25) is 14.7 Å². The van der Waals surface area contributed by atoms with E-state index >= 15 is 0 Å². The zero-order chi connectivity index (χ0) is 20.8. The van der Waals surface area contributed by atoms with Crippen molar-refractivity contribution in [2.75, 3.05) is 19.6 Å². The molecule has 0 unspecified atom stereocenters. The van der Waals surface area contributed by atoms with Gasteiger partial charge in [-0.05, 0) is 44.8 Å². The smallest absolute Gasteiger partial charge is 0.271 e. The van der Waals surface area contributed by atoms with Crippen molar-refractivity contribution in [3.05, 3.63) is 72.1 Å². The van der Waals surface area contributed by atoms with Crippen LogP contribution in [-0.2, 0) is 6.54 Å². The molecule has 1 amide bonds. The molecule has 0 bridgehead atoms. The van der Waals surface area contributed by atoms with Crippen LogP contribution >= 0.6 is 0 Å². The van der Waals surface area contributed by atoms with E-state index in [1.807, 2.05) is 24.5 Å². The highest BCUT2D eigenvalue weighted by Gasteiger charge is 2.20. The number of benzene rings is 1. The van der Waals surface area contributed by atoms with Crippen molar-refractivity contribution >= 4 is 5.91 Å². The third kappa shape index (κ3) is 5.24. The molecule has 4 rings (SSSR count). The van der Waals surface area contributed by atoms with Crippen LogP contribution in [0.1, 0.15) is 34.5 Å². The number of amides is 1. The summed E-state index contributed by atoms with van der Waals surface area (Å²) in [4.78, 5) is 31.6. The number of carbonyl (C=O) groups is 1. The lowest BCUT2D eigenvalue weighted by molar-refractivity contribution is 0.0930. The summed E-state index contributed by atoms with van der Waals surface area (Å²) in [7, 11) is 0. The molecule has 154 valence electrons. The van der Waals surface area contributed by atoms with Crippen LogP contribution < -0.4 is 5.32 Å². The summed E-state index contributed by atoms with van der Waals surface area (Å²) in [6.07, 6.45) is 10.6. The molecule has 2 aromatic heterocycles. The molecule has 1 N–H and O–H groups in total. The lowest BCUT2D eigenvalue weighted by Gasteiger charge is -2.31. The van der Waals surface area contributed by atoms with Crippen molar-refractivity contribution in [1.82, 2.24) is 30.2 Å². The van der Waals surface area contributed by atoms with E-state index in [0.717, 1.165) is 49.4 Å². The third-order valence-electron chi connectivity index (χ3n) is 5.44. The van der Waals surface area contributed by atoms with Gasteiger partial charge in [-0.1, -0.05) is 23.8 Å². The Bertz CT molecular complexity index is 968. The van der Waals surface area contributed by atoms with Gasteiger partial charge in [0.05, 0.1) is 6.20 Å². The molecule has 3 aromatic rings. The van der Waals surface area contributed by atoms with Gasteiger partial charge in [0.25, 0.3) is 5.91 Å². The van der Waals surface area contributed by atoms with Crippen molar-refractivity contribution in [3.8, 4) is 11.4 Å². The van der Waals surface area contributed by atoms with Crippen LogP contribution in [0.4, 0.5) is 0 Å². The van der Waals surface area contributed by atoms with Gasteiger partial charge < -0.3 is 5.32 Å². The summed E-state index contributed by atoms with van der Waals surface area (Å²) in [6, 6.07) is 8.24. The van der Waals surface area contributed by atoms with Crippen LogP contribution in [0, 0.1) is 12.8 Å². The molecule has 1 saturated heterocycles. The molecule has 1 fully saturated rings. The number of likely N-dealkylation sites (tertiary alicyclic amines) is 1. The van der Waals surface area contributed by atoms with Gasteiger partial charge in [0, 0.05) is 49.0 Å². The SMILES string of the molecule is Cc1cccc(-c2ncc(CN3CCC(CNC(=O)c4cnccn4)CC3)cn2)c1. The first-order chi connectivity index (χ1) is 14.7.